The van der Waals surface area contributed by atoms with Gasteiger partial charge in [0.25, 0.3) is 5.91 Å². The predicted octanol–water partition coefficient (Wildman–Crippen LogP) is 2.24. The lowest BCUT2D eigenvalue weighted by molar-refractivity contribution is 0.0951. The molecule has 108 valence electrons. The molecule has 0 saturated heterocycles. The fraction of sp³-hybridized carbons (Fsp3) is 0.154. The van der Waals surface area contributed by atoms with Crippen molar-refractivity contribution in [3.8, 4) is 0 Å². The van der Waals surface area contributed by atoms with Gasteiger partial charge in [-0.3, -0.25) is 4.79 Å². The Morgan fingerprint density at radius 3 is 3.05 bits per heavy atom. The zero-order valence-corrected chi connectivity index (χ0v) is 11.8. The lowest BCUT2D eigenvalue weighted by Crippen LogP contribution is -2.22. The summed E-state index contributed by atoms with van der Waals surface area (Å²) in [6.07, 6.45) is 0. The van der Waals surface area contributed by atoms with Gasteiger partial charge in [0.15, 0.2) is 5.82 Å². The van der Waals surface area contributed by atoms with Crippen LogP contribution in [0.15, 0.2) is 22.7 Å². The molecule has 6 nitrogen and oxygen atoms in total. The highest BCUT2D eigenvalue weighted by atomic mass is 32.1. The molecular formula is C13H11FN4O2S. The molecule has 3 aromatic rings. The number of benzene rings is 1. The highest BCUT2D eigenvalue weighted by molar-refractivity contribution is 7.21. The van der Waals surface area contributed by atoms with Gasteiger partial charge in [-0.05, 0) is 25.1 Å². The van der Waals surface area contributed by atoms with Crippen LogP contribution >= 0.6 is 11.3 Å². The van der Waals surface area contributed by atoms with Gasteiger partial charge < -0.3 is 15.6 Å². The number of fused-ring (bicyclic) bond motifs is 1. The van der Waals surface area contributed by atoms with Crippen LogP contribution in [0.3, 0.4) is 0 Å². The molecule has 0 atom stereocenters. The van der Waals surface area contributed by atoms with Crippen LogP contribution in [0.5, 0.6) is 0 Å². The monoisotopic (exact) mass is 306 g/mol. The lowest BCUT2D eigenvalue weighted by Gasteiger charge is -2.00. The summed E-state index contributed by atoms with van der Waals surface area (Å²) >= 11 is 1.21. The third-order valence-corrected chi connectivity index (χ3v) is 4.05. The Labute approximate surface area is 122 Å². The second-order valence-corrected chi connectivity index (χ2v) is 5.46. The average molecular weight is 306 g/mol. The molecular weight excluding hydrogens is 295 g/mol. The Morgan fingerprint density at radius 2 is 2.33 bits per heavy atom. The van der Waals surface area contributed by atoms with Crippen LogP contribution < -0.4 is 11.1 Å². The van der Waals surface area contributed by atoms with Gasteiger partial charge in [0.1, 0.15) is 10.7 Å². The molecule has 0 radical (unpaired) electrons. The summed E-state index contributed by atoms with van der Waals surface area (Å²) in [5.74, 6) is 0.0629. The minimum atomic E-state index is -0.389. The van der Waals surface area contributed by atoms with Gasteiger partial charge in [0, 0.05) is 10.1 Å². The number of nitrogens with one attached hydrogen (secondary N) is 1. The van der Waals surface area contributed by atoms with Gasteiger partial charge in [-0.25, -0.2) is 4.39 Å². The van der Waals surface area contributed by atoms with E-state index in [4.69, 9.17) is 10.3 Å². The summed E-state index contributed by atoms with van der Waals surface area (Å²) in [6.45, 7) is 1.80. The molecule has 0 aliphatic rings. The van der Waals surface area contributed by atoms with Crippen molar-refractivity contribution in [2.45, 2.75) is 13.5 Å². The Balaban J connectivity index is 1.82. The molecule has 3 rings (SSSR count). The maximum Gasteiger partial charge on any atom is 0.263 e. The maximum absolute atomic E-state index is 13.2. The minimum Gasteiger partial charge on any atom is -0.397 e. The summed E-state index contributed by atoms with van der Waals surface area (Å²) < 4.78 is 18.9. The number of nitrogen functional groups attached to an aromatic ring is 1. The number of nitrogens with two attached hydrogens (primary N) is 1. The summed E-state index contributed by atoms with van der Waals surface area (Å²) in [4.78, 5) is 16.5. The van der Waals surface area contributed by atoms with Crippen molar-refractivity contribution >= 4 is 33.0 Å². The van der Waals surface area contributed by atoms with E-state index in [9.17, 15) is 9.18 Å². The topological polar surface area (TPSA) is 94.0 Å². The average Bonchev–Trinajstić information content (AvgIpc) is 3.01. The van der Waals surface area contributed by atoms with E-state index in [-0.39, 0.29) is 24.0 Å². The number of carbonyl (C=O) groups is 1. The Bertz CT molecular complexity index is 827. The van der Waals surface area contributed by atoms with Gasteiger partial charge >= 0.3 is 0 Å². The van der Waals surface area contributed by atoms with E-state index in [0.29, 0.717) is 22.0 Å². The van der Waals surface area contributed by atoms with Crippen LogP contribution in [-0.4, -0.2) is 16.0 Å². The molecule has 0 unspecified atom stereocenters. The molecule has 1 aromatic carbocycles. The summed E-state index contributed by atoms with van der Waals surface area (Å²) in [5, 5.41) is 6.82. The third kappa shape index (κ3) is 2.57. The second-order valence-electron chi connectivity index (χ2n) is 4.40. The molecule has 0 aliphatic heterocycles. The number of aromatic nitrogens is 2. The fourth-order valence-electron chi connectivity index (χ4n) is 1.91. The number of rotatable bonds is 3. The molecule has 8 heteroatoms. The van der Waals surface area contributed by atoms with Crippen LogP contribution in [0.4, 0.5) is 10.1 Å². The Hall–Kier alpha value is -2.48. The number of halogens is 1. The number of amides is 1. The predicted molar refractivity (Wildman–Crippen MR) is 76.4 cm³/mol. The molecule has 0 fully saturated rings. The number of thiophene rings is 1. The normalized spacial score (nSPS) is 11.0. The minimum absolute atomic E-state index is 0.113. The molecule has 1 amide bonds. The van der Waals surface area contributed by atoms with Crippen LogP contribution in [0.1, 0.15) is 21.4 Å². The van der Waals surface area contributed by atoms with E-state index in [1.807, 2.05) is 0 Å². The molecule has 0 bridgehead atoms. The first-order valence-electron chi connectivity index (χ1n) is 6.09. The van der Waals surface area contributed by atoms with Crippen LogP contribution in [-0.2, 0) is 6.54 Å². The van der Waals surface area contributed by atoms with Crippen LogP contribution in [0.2, 0.25) is 0 Å². The van der Waals surface area contributed by atoms with E-state index >= 15 is 0 Å². The molecule has 2 aromatic heterocycles. The summed E-state index contributed by atoms with van der Waals surface area (Å²) in [5.41, 5.74) is 6.19. The number of anilines is 1. The largest absolute Gasteiger partial charge is 0.397 e. The van der Waals surface area contributed by atoms with Crippen LogP contribution in [0.25, 0.3) is 10.1 Å². The number of carbonyl (C=O) groups excluding carboxylic acids is 1. The number of hydrogen-bond donors (Lipinski definition) is 2. The van der Waals surface area contributed by atoms with Crippen molar-refractivity contribution < 1.29 is 13.7 Å². The zero-order valence-electron chi connectivity index (χ0n) is 11.0. The first-order chi connectivity index (χ1) is 10.0. The van der Waals surface area contributed by atoms with E-state index in [1.54, 1.807) is 13.0 Å². The first kappa shape index (κ1) is 13.5. The van der Waals surface area contributed by atoms with E-state index in [1.165, 1.54) is 23.5 Å². The van der Waals surface area contributed by atoms with Gasteiger partial charge in [-0.15, -0.1) is 11.3 Å². The molecule has 0 saturated carbocycles. The van der Waals surface area contributed by atoms with Gasteiger partial charge in [-0.2, -0.15) is 4.98 Å². The molecule has 0 aliphatic carbocycles. The summed E-state index contributed by atoms with van der Waals surface area (Å²) in [6, 6.07) is 4.25. The molecule has 0 spiro atoms. The highest BCUT2D eigenvalue weighted by Gasteiger charge is 2.17. The van der Waals surface area contributed by atoms with Crippen LogP contribution in [0, 0.1) is 12.7 Å². The van der Waals surface area contributed by atoms with Gasteiger partial charge in [0.2, 0.25) is 5.89 Å². The van der Waals surface area contributed by atoms with Crippen molar-refractivity contribution in [1.29, 1.82) is 0 Å². The molecule has 2 heterocycles. The quantitative estimate of drug-likeness (QED) is 0.774. The number of aryl methyl sites for hydroxylation is 1. The zero-order chi connectivity index (χ0) is 15.0. The Morgan fingerprint density at radius 1 is 1.52 bits per heavy atom. The van der Waals surface area contributed by atoms with Crippen molar-refractivity contribution in [3.63, 3.8) is 0 Å². The lowest BCUT2D eigenvalue weighted by atomic mass is 10.2. The van der Waals surface area contributed by atoms with E-state index in [0.717, 1.165) is 4.70 Å². The maximum atomic E-state index is 13.2. The standard InChI is InChI=1S/C13H11FN4O2S/c1-6-17-10(20-18-6)5-16-13(19)12-11(15)8-4-7(14)2-3-9(8)21-12/h2-4H,5,15H2,1H3,(H,16,19). The second kappa shape index (κ2) is 5.13. The third-order valence-electron chi connectivity index (χ3n) is 2.86. The number of nitrogens with zero attached hydrogens (tertiary/aromatic N) is 2. The number of hydrogen-bond acceptors (Lipinski definition) is 6. The summed E-state index contributed by atoms with van der Waals surface area (Å²) in [7, 11) is 0. The van der Waals surface area contributed by atoms with Gasteiger partial charge in [0.05, 0.1) is 12.2 Å². The first-order valence-corrected chi connectivity index (χ1v) is 6.91. The molecule has 21 heavy (non-hydrogen) atoms. The van der Waals surface area contributed by atoms with Crippen molar-refractivity contribution in [2.24, 2.45) is 0 Å². The SMILES string of the molecule is Cc1noc(CNC(=O)c2sc3ccc(F)cc3c2N)n1. The Kier molecular flexibility index (Phi) is 3.30. The highest BCUT2D eigenvalue weighted by Crippen LogP contribution is 2.33. The smallest absolute Gasteiger partial charge is 0.263 e. The van der Waals surface area contributed by atoms with Crippen molar-refractivity contribution in [1.82, 2.24) is 15.5 Å². The van der Waals surface area contributed by atoms with Crippen molar-refractivity contribution in [3.05, 3.63) is 40.6 Å². The van der Waals surface area contributed by atoms with Crippen molar-refractivity contribution in [2.75, 3.05) is 5.73 Å². The van der Waals surface area contributed by atoms with E-state index < -0.39 is 0 Å². The molecule has 3 N–H and O–H groups in total. The fourth-order valence-corrected chi connectivity index (χ4v) is 2.93. The van der Waals surface area contributed by atoms with Gasteiger partial charge in [-0.1, -0.05) is 5.16 Å². The van der Waals surface area contributed by atoms with E-state index in [2.05, 4.69) is 15.5 Å².